The van der Waals surface area contributed by atoms with Gasteiger partial charge >= 0.3 is 0 Å². The van der Waals surface area contributed by atoms with Crippen LogP contribution in [0.5, 0.6) is 5.75 Å². The molecule has 2 rings (SSSR count). The van der Waals surface area contributed by atoms with Gasteiger partial charge in [-0.2, -0.15) is 0 Å². The molecule has 1 atom stereocenters. The lowest BCUT2D eigenvalue weighted by molar-refractivity contribution is -0.101. The minimum absolute atomic E-state index is 0.0153. The van der Waals surface area contributed by atoms with E-state index in [0.717, 1.165) is 24.4 Å². The van der Waals surface area contributed by atoms with E-state index in [2.05, 4.69) is 11.8 Å². The molecular weight excluding hydrogens is 268 g/mol. The van der Waals surface area contributed by atoms with Crippen LogP contribution in [0.1, 0.15) is 27.2 Å². The fourth-order valence-electron chi connectivity index (χ4n) is 2.68. The molecular formula is C16H26N2O3. The van der Waals surface area contributed by atoms with Gasteiger partial charge in [0.15, 0.2) is 0 Å². The minimum Gasteiger partial charge on any atom is -0.493 e. The van der Waals surface area contributed by atoms with Crippen molar-refractivity contribution in [3.8, 4) is 5.75 Å². The Morgan fingerprint density at radius 1 is 1.43 bits per heavy atom. The van der Waals surface area contributed by atoms with Crippen molar-refractivity contribution in [2.45, 2.75) is 38.9 Å². The Bertz CT molecular complexity index is 477. The maximum absolute atomic E-state index is 9.41. The minimum atomic E-state index is -0.305. The summed E-state index contributed by atoms with van der Waals surface area (Å²) in [7, 11) is 0. The number of nitrogens with zero attached hydrogens (tertiary/aromatic N) is 1. The van der Waals surface area contributed by atoms with E-state index in [4.69, 9.17) is 15.2 Å². The van der Waals surface area contributed by atoms with Crippen LogP contribution in [-0.2, 0) is 4.74 Å². The summed E-state index contributed by atoms with van der Waals surface area (Å²) in [5, 5.41) is 9.41. The topological polar surface area (TPSA) is 68.0 Å². The normalized spacial score (nSPS) is 21.3. The average molecular weight is 294 g/mol. The van der Waals surface area contributed by atoms with E-state index in [1.165, 1.54) is 0 Å². The van der Waals surface area contributed by atoms with E-state index in [1.807, 2.05) is 32.0 Å². The average Bonchev–Trinajstić information content (AvgIpc) is 2.42. The molecule has 3 N–H and O–H groups in total. The predicted molar refractivity (Wildman–Crippen MR) is 84.9 cm³/mol. The van der Waals surface area contributed by atoms with Crippen LogP contribution >= 0.6 is 0 Å². The van der Waals surface area contributed by atoms with Gasteiger partial charge in [0.25, 0.3) is 0 Å². The van der Waals surface area contributed by atoms with Crippen LogP contribution in [-0.4, -0.2) is 43.1 Å². The number of nitrogen functional groups attached to an aromatic ring is 1. The molecule has 0 spiro atoms. The second-order valence-corrected chi connectivity index (χ2v) is 6.17. The number of nitrogens with two attached hydrogens (primary N) is 1. The first-order valence-corrected chi connectivity index (χ1v) is 7.50. The fourth-order valence-corrected chi connectivity index (χ4v) is 2.68. The van der Waals surface area contributed by atoms with E-state index in [-0.39, 0.29) is 18.3 Å². The zero-order valence-corrected chi connectivity index (χ0v) is 13.1. The maximum Gasteiger partial charge on any atom is 0.123 e. The van der Waals surface area contributed by atoms with Crippen LogP contribution < -0.4 is 15.4 Å². The molecule has 1 aliphatic heterocycles. The molecule has 0 saturated carbocycles. The molecule has 1 aliphatic rings. The lowest BCUT2D eigenvalue weighted by Crippen LogP contribution is -2.54. The number of anilines is 2. The van der Waals surface area contributed by atoms with Crippen molar-refractivity contribution in [1.82, 2.24) is 0 Å². The number of aliphatic hydroxyl groups is 1. The Morgan fingerprint density at radius 2 is 2.19 bits per heavy atom. The number of hydrogen-bond donors (Lipinski definition) is 2. The molecule has 0 aliphatic carbocycles. The lowest BCUT2D eigenvalue weighted by Gasteiger charge is -2.43. The Morgan fingerprint density at radius 3 is 2.86 bits per heavy atom. The van der Waals surface area contributed by atoms with Gasteiger partial charge in [-0.25, -0.2) is 0 Å². The van der Waals surface area contributed by atoms with E-state index in [0.29, 0.717) is 18.8 Å². The zero-order chi connectivity index (χ0) is 15.5. The van der Waals surface area contributed by atoms with Gasteiger partial charge in [-0.3, -0.25) is 0 Å². The second-order valence-electron chi connectivity index (χ2n) is 6.17. The van der Waals surface area contributed by atoms with Gasteiger partial charge in [-0.05, 0) is 26.3 Å². The third-order valence-electron chi connectivity index (χ3n) is 3.44. The molecule has 0 radical (unpaired) electrons. The quantitative estimate of drug-likeness (QED) is 0.813. The number of benzene rings is 1. The van der Waals surface area contributed by atoms with Gasteiger partial charge in [0.1, 0.15) is 5.75 Å². The summed E-state index contributed by atoms with van der Waals surface area (Å²) in [4.78, 5) is 2.19. The maximum atomic E-state index is 9.41. The molecule has 1 aromatic carbocycles. The summed E-state index contributed by atoms with van der Waals surface area (Å²) in [6.07, 6.45) is 0.775. The van der Waals surface area contributed by atoms with E-state index in [1.54, 1.807) is 0 Å². The van der Waals surface area contributed by atoms with Crippen LogP contribution in [0.2, 0.25) is 0 Å². The summed E-state index contributed by atoms with van der Waals surface area (Å²) in [6, 6.07) is 5.78. The molecule has 1 saturated heterocycles. The smallest absolute Gasteiger partial charge is 0.123 e. The molecule has 1 unspecified atom stereocenters. The zero-order valence-electron chi connectivity index (χ0n) is 13.1. The number of hydrogen-bond acceptors (Lipinski definition) is 5. The van der Waals surface area contributed by atoms with E-state index < -0.39 is 0 Å². The lowest BCUT2D eigenvalue weighted by atomic mass is 10.0. The van der Waals surface area contributed by atoms with Crippen molar-refractivity contribution in [3.05, 3.63) is 18.2 Å². The van der Waals surface area contributed by atoms with Crippen LogP contribution in [0, 0.1) is 0 Å². The van der Waals surface area contributed by atoms with Crippen molar-refractivity contribution in [2.24, 2.45) is 0 Å². The first-order valence-electron chi connectivity index (χ1n) is 7.50. The third-order valence-corrected chi connectivity index (χ3v) is 3.44. The molecule has 118 valence electrons. The van der Waals surface area contributed by atoms with Crippen molar-refractivity contribution in [2.75, 3.05) is 36.9 Å². The highest BCUT2D eigenvalue weighted by molar-refractivity contribution is 5.61. The van der Waals surface area contributed by atoms with Gasteiger partial charge in [-0.15, -0.1) is 0 Å². The van der Waals surface area contributed by atoms with Gasteiger partial charge in [0, 0.05) is 36.6 Å². The third kappa shape index (κ3) is 4.25. The Hall–Kier alpha value is -1.46. The van der Waals surface area contributed by atoms with Crippen LogP contribution in [0.4, 0.5) is 11.4 Å². The van der Waals surface area contributed by atoms with Crippen LogP contribution in [0.15, 0.2) is 18.2 Å². The van der Waals surface area contributed by atoms with Crippen molar-refractivity contribution in [3.63, 3.8) is 0 Å². The van der Waals surface area contributed by atoms with Gasteiger partial charge in [0.2, 0.25) is 0 Å². The molecule has 5 nitrogen and oxygen atoms in total. The van der Waals surface area contributed by atoms with E-state index in [9.17, 15) is 5.11 Å². The SMILES string of the molecule is CCCOc1cc(N)cc(N2CC(CO)OC(C)(C)C2)c1. The molecule has 1 heterocycles. The van der Waals surface area contributed by atoms with Crippen molar-refractivity contribution in [1.29, 1.82) is 0 Å². The summed E-state index contributed by atoms with van der Waals surface area (Å²) in [5.74, 6) is 0.789. The van der Waals surface area contributed by atoms with E-state index >= 15 is 0 Å². The predicted octanol–water partition coefficient (Wildman–Crippen LogP) is 2.03. The van der Waals surface area contributed by atoms with Gasteiger partial charge in [-0.1, -0.05) is 6.92 Å². The molecule has 1 aromatic rings. The highest BCUT2D eigenvalue weighted by Gasteiger charge is 2.33. The van der Waals surface area contributed by atoms with Crippen LogP contribution in [0.25, 0.3) is 0 Å². The summed E-state index contributed by atoms with van der Waals surface area (Å²) >= 11 is 0. The number of aliphatic hydroxyl groups excluding tert-OH is 1. The van der Waals surface area contributed by atoms with Crippen molar-refractivity contribution >= 4 is 11.4 Å². The largest absolute Gasteiger partial charge is 0.493 e. The molecule has 21 heavy (non-hydrogen) atoms. The molecule has 1 fully saturated rings. The van der Waals surface area contributed by atoms with Crippen LogP contribution in [0.3, 0.4) is 0 Å². The van der Waals surface area contributed by atoms with Gasteiger partial charge < -0.3 is 25.2 Å². The summed E-state index contributed by atoms with van der Waals surface area (Å²) in [6.45, 7) is 8.23. The Labute approximate surface area is 126 Å². The summed E-state index contributed by atoms with van der Waals surface area (Å²) in [5.41, 5.74) is 7.37. The van der Waals surface area contributed by atoms with Gasteiger partial charge in [0.05, 0.1) is 24.9 Å². The van der Waals surface area contributed by atoms with Crippen molar-refractivity contribution < 1.29 is 14.6 Å². The highest BCUT2D eigenvalue weighted by Crippen LogP contribution is 2.30. The summed E-state index contributed by atoms with van der Waals surface area (Å²) < 4.78 is 11.5. The molecule has 0 aromatic heterocycles. The first-order chi connectivity index (χ1) is 9.93. The first kappa shape index (κ1) is 15.9. The molecule has 0 amide bonds. The standard InChI is InChI=1S/C16H26N2O3/c1-4-5-20-14-7-12(17)6-13(8-14)18-9-15(10-19)21-16(2,3)11-18/h6-8,15,19H,4-5,9-11,17H2,1-3H3. The molecule has 0 bridgehead atoms. The highest BCUT2D eigenvalue weighted by atomic mass is 16.5. The molecule has 5 heteroatoms. The fraction of sp³-hybridized carbons (Fsp3) is 0.625. The Balaban J connectivity index is 2.21. The number of rotatable bonds is 5. The number of ether oxygens (including phenoxy) is 2. The number of morpholine rings is 1. The second kappa shape index (κ2) is 6.54. The monoisotopic (exact) mass is 294 g/mol. The Kier molecular flexibility index (Phi) is 4.96.